The van der Waals surface area contributed by atoms with Gasteiger partial charge in [-0.3, -0.25) is 14.2 Å². The Morgan fingerprint density at radius 1 is 1.11 bits per heavy atom. The van der Waals surface area contributed by atoms with Crippen molar-refractivity contribution in [1.29, 1.82) is 0 Å². The van der Waals surface area contributed by atoms with E-state index >= 15 is 0 Å². The molecular formula is C28H29N3O3S2. The number of methoxy groups -OCH3 is 1. The van der Waals surface area contributed by atoms with Gasteiger partial charge in [-0.1, -0.05) is 37.7 Å². The number of rotatable bonds is 7. The molecule has 0 bridgehead atoms. The van der Waals surface area contributed by atoms with Crippen LogP contribution in [0.5, 0.6) is 5.75 Å². The molecule has 1 N–H and O–H groups in total. The number of anilines is 1. The van der Waals surface area contributed by atoms with Gasteiger partial charge in [0, 0.05) is 10.6 Å². The lowest BCUT2D eigenvalue weighted by Crippen LogP contribution is -2.23. The summed E-state index contributed by atoms with van der Waals surface area (Å²) >= 11 is 2.90. The summed E-state index contributed by atoms with van der Waals surface area (Å²) in [6.45, 7) is 4.28. The molecule has 0 unspecified atom stereocenters. The minimum Gasteiger partial charge on any atom is -0.497 e. The molecule has 0 aliphatic heterocycles. The van der Waals surface area contributed by atoms with Gasteiger partial charge in [0.2, 0.25) is 5.91 Å². The first-order valence-corrected chi connectivity index (χ1v) is 14.0. The topological polar surface area (TPSA) is 73.2 Å². The van der Waals surface area contributed by atoms with E-state index in [-0.39, 0.29) is 17.2 Å². The number of amides is 1. The molecule has 1 amide bonds. The maximum Gasteiger partial charge on any atom is 0.267 e. The van der Waals surface area contributed by atoms with Crippen molar-refractivity contribution < 1.29 is 9.53 Å². The Morgan fingerprint density at radius 2 is 1.83 bits per heavy atom. The zero-order chi connectivity index (χ0) is 25.2. The first-order valence-electron chi connectivity index (χ1n) is 12.2. The Hall–Kier alpha value is -3.10. The molecule has 186 valence electrons. The molecule has 0 saturated heterocycles. The maximum absolute atomic E-state index is 13.8. The quantitative estimate of drug-likeness (QED) is 0.233. The van der Waals surface area contributed by atoms with Crippen molar-refractivity contribution in [2.75, 3.05) is 18.2 Å². The summed E-state index contributed by atoms with van der Waals surface area (Å²) in [4.78, 5) is 33.6. The number of benzene rings is 2. The molecule has 0 radical (unpaired) electrons. The standard InChI is InChI=1S/C28H29N3O3S2/c1-17(2)18-8-10-19(11-9-18)29-24(32)16-35-28-30-26-25(22-6-4-5-7-23(22)36-26)27(33)31(28)20-12-14-21(34-3)15-13-20/h8-15,17H,4-7,16H2,1-3H3,(H,29,32). The first kappa shape index (κ1) is 24.6. The SMILES string of the molecule is COc1ccc(-n2c(SCC(=O)Nc3ccc(C(C)C)cc3)nc3sc4c(c3c2=O)CCCC4)cc1. The van der Waals surface area contributed by atoms with Crippen molar-refractivity contribution in [3.05, 3.63) is 74.9 Å². The van der Waals surface area contributed by atoms with E-state index in [1.165, 1.54) is 22.2 Å². The number of aromatic nitrogens is 2. The lowest BCUT2D eigenvalue weighted by molar-refractivity contribution is -0.113. The van der Waals surface area contributed by atoms with Crippen LogP contribution in [0.4, 0.5) is 5.69 Å². The molecule has 36 heavy (non-hydrogen) atoms. The van der Waals surface area contributed by atoms with Crippen LogP contribution in [0.1, 0.15) is 48.6 Å². The van der Waals surface area contributed by atoms with E-state index in [1.54, 1.807) is 23.0 Å². The van der Waals surface area contributed by atoms with E-state index in [0.717, 1.165) is 47.2 Å². The highest BCUT2D eigenvalue weighted by molar-refractivity contribution is 7.99. The van der Waals surface area contributed by atoms with E-state index in [1.807, 2.05) is 48.5 Å². The van der Waals surface area contributed by atoms with Crippen molar-refractivity contribution in [3.63, 3.8) is 0 Å². The minimum absolute atomic E-state index is 0.0725. The number of hydrogen-bond donors (Lipinski definition) is 1. The number of ether oxygens (including phenoxy) is 1. The summed E-state index contributed by atoms with van der Waals surface area (Å²) in [7, 11) is 1.61. The monoisotopic (exact) mass is 519 g/mol. The summed E-state index contributed by atoms with van der Waals surface area (Å²) in [5.41, 5.74) is 3.77. The van der Waals surface area contributed by atoms with E-state index in [2.05, 4.69) is 19.2 Å². The van der Waals surface area contributed by atoms with Crippen LogP contribution in [-0.2, 0) is 17.6 Å². The van der Waals surface area contributed by atoms with Crippen molar-refractivity contribution in [2.45, 2.75) is 50.6 Å². The fraction of sp³-hybridized carbons (Fsp3) is 0.321. The largest absolute Gasteiger partial charge is 0.497 e. The van der Waals surface area contributed by atoms with Gasteiger partial charge in [-0.25, -0.2) is 4.98 Å². The number of carbonyl (C=O) groups is 1. The van der Waals surface area contributed by atoms with E-state index in [0.29, 0.717) is 22.5 Å². The van der Waals surface area contributed by atoms with Crippen LogP contribution in [0.2, 0.25) is 0 Å². The van der Waals surface area contributed by atoms with Gasteiger partial charge in [0.05, 0.1) is 23.9 Å². The average molecular weight is 520 g/mol. The fourth-order valence-corrected chi connectivity index (χ4v) is 6.64. The first-order chi connectivity index (χ1) is 17.4. The van der Waals surface area contributed by atoms with E-state index in [4.69, 9.17) is 9.72 Å². The zero-order valence-corrected chi connectivity index (χ0v) is 22.3. The van der Waals surface area contributed by atoms with Crippen molar-refractivity contribution in [3.8, 4) is 11.4 Å². The van der Waals surface area contributed by atoms with Crippen LogP contribution in [0.3, 0.4) is 0 Å². The highest BCUT2D eigenvalue weighted by atomic mass is 32.2. The molecule has 0 spiro atoms. The Bertz CT molecular complexity index is 1450. The van der Waals surface area contributed by atoms with Crippen LogP contribution < -0.4 is 15.6 Å². The minimum atomic E-state index is -0.140. The van der Waals surface area contributed by atoms with Gasteiger partial charge < -0.3 is 10.1 Å². The second kappa shape index (κ2) is 10.5. The normalized spacial score (nSPS) is 13.1. The van der Waals surface area contributed by atoms with Crippen molar-refractivity contribution in [1.82, 2.24) is 9.55 Å². The maximum atomic E-state index is 13.8. The molecule has 0 fully saturated rings. The number of fused-ring (bicyclic) bond motifs is 3. The summed E-state index contributed by atoms with van der Waals surface area (Å²) in [5.74, 6) is 1.15. The van der Waals surface area contributed by atoms with Crippen LogP contribution in [0.25, 0.3) is 15.9 Å². The second-order valence-electron chi connectivity index (χ2n) is 9.24. The Morgan fingerprint density at radius 3 is 2.53 bits per heavy atom. The molecule has 2 aromatic carbocycles. The lowest BCUT2D eigenvalue weighted by atomic mass is 9.97. The fourth-order valence-electron chi connectivity index (χ4n) is 4.52. The molecule has 0 atom stereocenters. The van der Waals surface area contributed by atoms with Gasteiger partial charge in [-0.05, 0) is 79.1 Å². The third kappa shape index (κ3) is 4.92. The second-order valence-corrected chi connectivity index (χ2v) is 11.3. The van der Waals surface area contributed by atoms with Crippen LogP contribution in [0.15, 0.2) is 58.5 Å². The van der Waals surface area contributed by atoms with Crippen molar-refractivity contribution >= 4 is 44.9 Å². The van der Waals surface area contributed by atoms with Crippen LogP contribution >= 0.6 is 23.1 Å². The number of aryl methyl sites for hydroxylation is 2. The molecule has 1 aliphatic carbocycles. The summed E-state index contributed by atoms with van der Waals surface area (Å²) in [6, 6.07) is 15.3. The predicted octanol–water partition coefficient (Wildman–Crippen LogP) is 6.19. The van der Waals surface area contributed by atoms with Gasteiger partial charge >= 0.3 is 0 Å². The molecule has 2 aromatic heterocycles. The van der Waals surface area contributed by atoms with Crippen LogP contribution in [-0.4, -0.2) is 28.3 Å². The lowest BCUT2D eigenvalue weighted by Gasteiger charge is -2.14. The number of nitrogens with one attached hydrogen (secondary N) is 1. The van der Waals surface area contributed by atoms with E-state index < -0.39 is 0 Å². The number of carbonyl (C=O) groups excluding carboxylic acids is 1. The molecule has 4 aromatic rings. The molecule has 1 aliphatic rings. The number of hydrogen-bond acceptors (Lipinski definition) is 6. The number of nitrogens with zero attached hydrogens (tertiary/aromatic N) is 2. The number of thioether (sulfide) groups is 1. The van der Waals surface area contributed by atoms with Gasteiger partial charge in [-0.2, -0.15) is 0 Å². The van der Waals surface area contributed by atoms with Crippen molar-refractivity contribution in [2.24, 2.45) is 0 Å². The third-order valence-electron chi connectivity index (χ3n) is 6.48. The predicted molar refractivity (Wildman–Crippen MR) is 148 cm³/mol. The highest BCUT2D eigenvalue weighted by Gasteiger charge is 2.23. The summed E-state index contributed by atoms with van der Waals surface area (Å²) in [6.07, 6.45) is 4.15. The summed E-state index contributed by atoms with van der Waals surface area (Å²) < 4.78 is 6.93. The van der Waals surface area contributed by atoms with Gasteiger partial charge in [0.15, 0.2) is 5.16 Å². The molecular weight excluding hydrogens is 490 g/mol. The highest BCUT2D eigenvalue weighted by Crippen LogP contribution is 2.35. The number of thiophene rings is 1. The third-order valence-corrected chi connectivity index (χ3v) is 8.61. The van der Waals surface area contributed by atoms with Gasteiger partial charge in [0.1, 0.15) is 10.6 Å². The van der Waals surface area contributed by atoms with Gasteiger partial charge in [-0.15, -0.1) is 11.3 Å². The Balaban J connectivity index is 1.46. The Kier molecular flexibility index (Phi) is 7.16. The zero-order valence-electron chi connectivity index (χ0n) is 20.7. The average Bonchev–Trinajstić information content (AvgIpc) is 3.26. The molecule has 8 heteroatoms. The molecule has 2 heterocycles. The smallest absolute Gasteiger partial charge is 0.267 e. The van der Waals surface area contributed by atoms with Crippen LogP contribution in [0, 0.1) is 0 Å². The molecule has 5 rings (SSSR count). The van der Waals surface area contributed by atoms with Gasteiger partial charge in [0.25, 0.3) is 5.56 Å². The molecule has 6 nitrogen and oxygen atoms in total. The van der Waals surface area contributed by atoms with E-state index in [9.17, 15) is 9.59 Å². The molecule has 0 saturated carbocycles. The summed E-state index contributed by atoms with van der Waals surface area (Å²) in [5, 5.41) is 4.20. The Labute approximate surface area is 218 Å².